The lowest BCUT2D eigenvalue weighted by molar-refractivity contribution is 0.309. The predicted octanol–water partition coefficient (Wildman–Crippen LogP) is 2.72. The van der Waals surface area contributed by atoms with Gasteiger partial charge in [0.25, 0.3) is 0 Å². The van der Waals surface area contributed by atoms with Gasteiger partial charge in [-0.05, 0) is 32.6 Å². The third-order valence-corrected chi connectivity index (χ3v) is 3.98. The maximum absolute atomic E-state index is 5.46. The van der Waals surface area contributed by atoms with Crippen molar-refractivity contribution in [1.82, 2.24) is 15.0 Å². The molecule has 0 aliphatic heterocycles. The summed E-state index contributed by atoms with van der Waals surface area (Å²) >= 11 is 0. The van der Waals surface area contributed by atoms with Crippen LogP contribution in [-0.2, 0) is 0 Å². The van der Waals surface area contributed by atoms with Gasteiger partial charge in [0.1, 0.15) is 0 Å². The number of hydrogen-bond acceptors (Lipinski definition) is 6. The third kappa shape index (κ3) is 4.19. The average molecular weight is 293 g/mol. The first kappa shape index (κ1) is 15.8. The molecule has 1 N–H and O–H groups in total. The molecule has 0 aromatic carbocycles. The highest BCUT2D eigenvalue weighted by Gasteiger charge is 2.24. The van der Waals surface area contributed by atoms with E-state index in [1.165, 1.54) is 25.7 Å². The second-order valence-electron chi connectivity index (χ2n) is 5.74. The van der Waals surface area contributed by atoms with Crippen LogP contribution in [0.3, 0.4) is 0 Å². The smallest absolute Gasteiger partial charge is 0.323 e. The van der Waals surface area contributed by atoms with Gasteiger partial charge < -0.3 is 15.0 Å². The normalized spacial score (nSPS) is 21.9. The third-order valence-electron chi connectivity index (χ3n) is 3.98. The Kier molecular flexibility index (Phi) is 5.59. The molecule has 0 spiro atoms. The van der Waals surface area contributed by atoms with Crippen LogP contribution in [0, 0.1) is 5.92 Å². The number of nitrogens with zero attached hydrogens (tertiary/aromatic N) is 4. The van der Waals surface area contributed by atoms with E-state index in [0.29, 0.717) is 30.6 Å². The summed E-state index contributed by atoms with van der Waals surface area (Å²) in [4.78, 5) is 15.4. The van der Waals surface area contributed by atoms with Gasteiger partial charge in [0, 0.05) is 19.6 Å². The van der Waals surface area contributed by atoms with Crippen LogP contribution in [-0.4, -0.2) is 41.2 Å². The average Bonchev–Trinajstić information content (AvgIpc) is 2.47. The summed E-state index contributed by atoms with van der Waals surface area (Å²) in [7, 11) is 2.07. The molecule has 2 rings (SSSR count). The molecule has 1 aromatic rings. The van der Waals surface area contributed by atoms with Crippen LogP contribution >= 0.6 is 0 Å². The standard InChI is InChI=1S/C15H27N5O/c1-5-16-13-17-14(19-15(18-13)21-6-2)20(4)12-9-7-8-11(3)10-12/h11-12H,5-10H2,1-4H3,(H,16,17,18,19). The van der Waals surface area contributed by atoms with E-state index in [9.17, 15) is 0 Å². The summed E-state index contributed by atoms with van der Waals surface area (Å²) in [6, 6.07) is 0.897. The molecular formula is C15H27N5O. The van der Waals surface area contributed by atoms with Gasteiger partial charge in [-0.25, -0.2) is 0 Å². The van der Waals surface area contributed by atoms with Gasteiger partial charge in [-0.2, -0.15) is 15.0 Å². The second kappa shape index (κ2) is 7.43. The molecule has 0 bridgehead atoms. The van der Waals surface area contributed by atoms with Crippen LogP contribution in [0.25, 0.3) is 0 Å². The van der Waals surface area contributed by atoms with Crippen molar-refractivity contribution in [2.24, 2.45) is 5.92 Å². The number of ether oxygens (including phenoxy) is 1. The van der Waals surface area contributed by atoms with Crippen LogP contribution in [0.4, 0.5) is 11.9 Å². The van der Waals surface area contributed by atoms with E-state index < -0.39 is 0 Å². The number of aromatic nitrogens is 3. The van der Waals surface area contributed by atoms with Crippen molar-refractivity contribution in [3.8, 4) is 6.01 Å². The molecule has 6 nitrogen and oxygen atoms in total. The summed E-state index contributed by atoms with van der Waals surface area (Å²) in [6.45, 7) is 7.61. The Labute approximate surface area is 127 Å². The minimum absolute atomic E-state index is 0.397. The van der Waals surface area contributed by atoms with Crippen molar-refractivity contribution < 1.29 is 4.74 Å². The maximum Gasteiger partial charge on any atom is 0.323 e. The van der Waals surface area contributed by atoms with E-state index in [-0.39, 0.29) is 0 Å². The summed E-state index contributed by atoms with van der Waals surface area (Å²) < 4.78 is 5.46. The van der Waals surface area contributed by atoms with Crippen molar-refractivity contribution in [3.05, 3.63) is 0 Å². The van der Waals surface area contributed by atoms with E-state index in [1.807, 2.05) is 13.8 Å². The Morgan fingerprint density at radius 1 is 1.24 bits per heavy atom. The van der Waals surface area contributed by atoms with E-state index in [2.05, 4.69) is 39.1 Å². The Hall–Kier alpha value is -1.59. The highest BCUT2D eigenvalue weighted by molar-refractivity contribution is 5.38. The molecule has 0 amide bonds. The predicted molar refractivity (Wildman–Crippen MR) is 85.0 cm³/mol. The summed E-state index contributed by atoms with van der Waals surface area (Å²) in [5.41, 5.74) is 0. The molecule has 2 atom stereocenters. The topological polar surface area (TPSA) is 63.2 Å². The SMILES string of the molecule is CCNc1nc(OCC)nc(N(C)C2CCCC(C)C2)n1. The molecule has 1 fully saturated rings. The largest absolute Gasteiger partial charge is 0.464 e. The lowest BCUT2D eigenvalue weighted by Gasteiger charge is -2.34. The molecule has 0 saturated heterocycles. The monoisotopic (exact) mass is 293 g/mol. The molecule has 0 radical (unpaired) electrons. The molecule has 6 heteroatoms. The van der Waals surface area contributed by atoms with E-state index in [1.54, 1.807) is 0 Å². The van der Waals surface area contributed by atoms with Crippen molar-refractivity contribution in [2.75, 3.05) is 30.4 Å². The number of nitrogens with one attached hydrogen (secondary N) is 1. The zero-order valence-corrected chi connectivity index (χ0v) is 13.6. The van der Waals surface area contributed by atoms with Crippen molar-refractivity contribution in [2.45, 2.75) is 52.5 Å². The minimum Gasteiger partial charge on any atom is -0.464 e. The van der Waals surface area contributed by atoms with Gasteiger partial charge in [-0.1, -0.05) is 19.8 Å². The van der Waals surface area contributed by atoms with E-state index in [4.69, 9.17) is 4.74 Å². The Bertz CT molecular complexity index is 429. The van der Waals surface area contributed by atoms with Crippen LogP contribution in [0.15, 0.2) is 0 Å². The number of anilines is 2. The molecule has 21 heavy (non-hydrogen) atoms. The quantitative estimate of drug-likeness (QED) is 0.870. The molecular weight excluding hydrogens is 266 g/mol. The Balaban J connectivity index is 2.19. The molecule has 1 aromatic heterocycles. The van der Waals surface area contributed by atoms with Gasteiger partial charge in [-0.3, -0.25) is 0 Å². The molecule has 1 aliphatic rings. The highest BCUT2D eigenvalue weighted by atomic mass is 16.5. The second-order valence-corrected chi connectivity index (χ2v) is 5.74. The van der Waals surface area contributed by atoms with Gasteiger partial charge in [-0.15, -0.1) is 0 Å². The molecule has 2 unspecified atom stereocenters. The lowest BCUT2D eigenvalue weighted by Crippen LogP contribution is -2.36. The van der Waals surface area contributed by atoms with Crippen molar-refractivity contribution in [1.29, 1.82) is 0 Å². The van der Waals surface area contributed by atoms with Gasteiger partial charge in [0.05, 0.1) is 6.61 Å². The zero-order valence-electron chi connectivity index (χ0n) is 13.6. The van der Waals surface area contributed by atoms with Crippen LogP contribution in [0.1, 0.15) is 46.5 Å². The highest BCUT2D eigenvalue weighted by Crippen LogP contribution is 2.29. The number of rotatable bonds is 6. The van der Waals surface area contributed by atoms with Gasteiger partial charge in [0.15, 0.2) is 0 Å². The minimum atomic E-state index is 0.397. The van der Waals surface area contributed by atoms with Gasteiger partial charge in [0.2, 0.25) is 11.9 Å². The van der Waals surface area contributed by atoms with Gasteiger partial charge >= 0.3 is 6.01 Å². The molecule has 1 saturated carbocycles. The van der Waals surface area contributed by atoms with Crippen molar-refractivity contribution in [3.63, 3.8) is 0 Å². The molecule has 1 aliphatic carbocycles. The molecule has 1 heterocycles. The fourth-order valence-corrected chi connectivity index (χ4v) is 2.85. The lowest BCUT2D eigenvalue weighted by atomic mass is 9.86. The van der Waals surface area contributed by atoms with E-state index in [0.717, 1.165) is 12.5 Å². The fourth-order valence-electron chi connectivity index (χ4n) is 2.85. The Morgan fingerprint density at radius 3 is 2.71 bits per heavy atom. The summed E-state index contributed by atoms with van der Waals surface area (Å²) in [6.07, 6.45) is 5.00. The molecule has 118 valence electrons. The maximum atomic E-state index is 5.46. The Morgan fingerprint density at radius 2 is 2.05 bits per heavy atom. The first-order chi connectivity index (χ1) is 10.1. The zero-order chi connectivity index (χ0) is 15.2. The van der Waals surface area contributed by atoms with Crippen LogP contribution in [0.2, 0.25) is 0 Å². The summed E-state index contributed by atoms with van der Waals surface area (Å²) in [5.74, 6) is 2.05. The van der Waals surface area contributed by atoms with E-state index >= 15 is 0 Å². The first-order valence-electron chi connectivity index (χ1n) is 7.99. The van der Waals surface area contributed by atoms with Crippen LogP contribution < -0.4 is 15.0 Å². The number of hydrogen-bond donors (Lipinski definition) is 1. The summed E-state index contributed by atoms with van der Waals surface area (Å²) in [5, 5.41) is 3.14. The van der Waals surface area contributed by atoms with Crippen molar-refractivity contribution >= 4 is 11.9 Å². The first-order valence-corrected chi connectivity index (χ1v) is 7.99. The fraction of sp³-hybridized carbons (Fsp3) is 0.800. The van der Waals surface area contributed by atoms with Crippen LogP contribution in [0.5, 0.6) is 6.01 Å².